The summed E-state index contributed by atoms with van der Waals surface area (Å²) in [6, 6.07) is 1.41. The maximum atomic E-state index is 14.2. The molecule has 1 fully saturated rings. The van der Waals surface area contributed by atoms with Crippen LogP contribution in [-0.2, 0) is 4.74 Å². The summed E-state index contributed by atoms with van der Waals surface area (Å²) in [5.41, 5.74) is 0.0410. The molecule has 0 aromatic carbocycles. The molecule has 0 bridgehead atoms. The number of hydrogen-bond donors (Lipinski definition) is 1. The molecule has 1 aliphatic rings. The van der Waals surface area contributed by atoms with Crippen LogP contribution in [0.5, 0.6) is 0 Å². The van der Waals surface area contributed by atoms with Gasteiger partial charge in [-0.25, -0.2) is 9.37 Å². The van der Waals surface area contributed by atoms with Gasteiger partial charge in [0.1, 0.15) is 0 Å². The largest absolute Gasteiger partial charge is 0.376 e. The number of aromatic nitrogens is 1. The summed E-state index contributed by atoms with van der Waals surface area (Å²) < 4.78 is 19.9. The van der Waals surface area contributed by atoms with Gasteiger partial charge in [-0.15, -0.1) is 0 Å². The molecule has 116 valence electrons. The van der Waals surface area contributed by atoms with Gasteiger partial charge in [0.05, 0.1) is 11.7 Å². The lowest BCUT2D eigenvalue weighted by atomic mass is 10.1. The van der Waals surface area contributed by atoms with Gasteiger partial charge in [0.25, 0.3) is 5.91 Å². The second-order valence-corrected chi connectivity index (χ2v) is 5.23. The molecule has 6 heteroatoms. The number of carbonyl (C=O) groups is 1. The Labute approximate surface area is 124 Å². The van der Waals surface area contributed by atoms with Gasteiger partial charge in [-0.3, -0.25) is 4.79 Å². The first-order valence-electron chi connectivity index (χ1n) is 7.39. The van der Waals surface area contributed by atoms with E-state index in [0.717, 1.165) is 25.9 Å². The zero-order chi connectivity index (χ0) is 15.2. The van der Waals surface area contributed by atoms with Crippen molar-refractivity contribution >= 4 is 11.7 Å². The summed E-state index contributed by atoms with van der Waals surface area (Å²) in [4.78, 5) is 17.8. The number of pyridine rings is 1. The Kier molecular flexibility index (Phi) is 5.50. The maximum absolute atomic E-state index is 14.2. The quantitative estimate of drug-likeness (QED) is 0.905. The molecule has 2 heterocycles. The Morgan fingerprint density at radius 3 is 3.05 bits per heavy atom. The summed E-state index contributed by atoms with van der Waals surface area (Å²) in [6.45, 7) is 3.62. The van der Waals surface area contributed by atoms with Gasteiger partial charge >= 0.3 is 0 Å². The smallest absolute Gasteiger partial charge is 0.256 e. The first-order valence-corrected chi connectivity index (χ1v) is 7.39. The maximum Gasteiger partial charge on any atom is 0.256 e. The number of rotatable bonds is 5. The second kappa shape index (κ2) is 7.36. The fraction of sp³-hybridized carbons (Fsp3) is 0.600. The molecule has 1 saturated heterocycles. The van der Waals surface area contributed by atoms with Crippen LogP contribution in [0.15, 0.2) is 12.3 Å². The molecular formula is C15H22FN3O2. The van der Waals surface area contributed by atoms with Gasteiger partial charge in [0.2, 0.25) is 0 Å². The highest BCUT2D eigenvalue weighted by molar-refractivity contribution is 5.95. The highest BCUT2D eigenvalue weighted by Crippen LogP contribution is 2.18. The van der Waals surface area contributed by atoms with Crippen LogP contribution >= 0.6 is 0 Å². The second-order valence-electron chi connectivity index (χ2n) is 5.23. The van der Waals surface area contributed by atoms with Gasteiger partial charge in [-0.05, 0) is 32.3 Å². The van der Waals surface area contributed by atoms with E-state index in [1.807, 2.05) is 6.92 Å². The van der Waals surface area contributed by atoms with Crippen molar-refractivity contribution in [3.8, 4) is 0 Å². The molecule has 1 N–H and O–H groups in total. The number of ether oxygens (including phenoxy) is 1. The molecule has 0 saturated carbocycles. The van der Waals surface area contributed by atoms with Crippen LogP contribution in [0.1, 0.15) is 36.5 Å². The van der Waals surface area contributed by atoms with E-state index in [4.69, 9.17) is 4.74 Å². The molecule has 1 aromatic rings. The standard InChI is InChI=1S/C15H22FN3O2/c1-3-17-14-13(16)12(7-8-18-14)15(20)19(2)10-11-6-4-5-9-21-11/h7-8,11H,3-6,9-10H2,1-2H3,(H,17,18). The molecule has 1 atom stereocenters. The molecular weight excluding hydrogens is 273 g/mol. The van der Waals surface area contributed by atoms with Crippen molar-refractivity contribution in [1.29, 1.82) is 0 Å². The molecule has 1 unspecified atom stereocenters. The number of nitrogens with zero attached hydrogens (tertiary/aromatic N) is 2. The fourth-order valence-electron chi connectivity index (χ4n) is 2.44. The first kappa shape index (κ1) is 15.7. The highest BCUT2D eigenvalue weighted by atomic mass is 19.1. The molecule has 21 heavy (non-hydrogen) atoms. The Bertz CT molecular complexity index is 490. The monoisotopic (exact) mass is 295 g/mol. The third-order valence-electron chi connectivity index (χ3n) is 3.56. The van der Waals surface area contributed by atoms with E-state index in [9.17, 15) is 9.18 Å². The first-order chi connectivity index (χ1) is 10.1. The third kappa shape index (κ3) is 3.91. The van der Waals surface area contributed by atoms with Crippen molar-refractivity contribution in [2.45, 2.75) is 32.3 Å². The number of hydrogen-bond acceptors (Lipinski definition) is 4. The van der Waals surface area contributed by atoms with Gasteiger partial charge in [-0.1, -0.05) is 0 Å². The number of nitrogens with one attached hydrogen (secondary N) is 1. The molecule has 1 amide bonds. The van der Waals surface area contributed by atoms with Crippen molar-refractivity contribution in [3.63, 3.8) is 0 Å². The number of anilines is 1. The van der Waals surface area contributed by atoms with E-state index in [-0.39, 0.29) is 23.4 Å². The number of halogens is 1. The average Bonchev–Trinajstić information content (AvgIpc) is 2.50. The van der Waals surface area contributed by atoms with E-state index in [1.165, 1.54) is 17.2 Å². The van der Waals surface area contributed by atoms with Crippen LogP contribution in [0.25, 0.3) is 0 Å². The van der Waals surface area contributed by atoms with E-state index >= 15 is 0 Å². The van der Waals surface area contributed by atoms with E-state index < -0.39 is 5.82 Å². The Hall–Kier alpha value is -1.69. The molecule has 5 nitrogen and oxygen atoms in total. The zero-order valence-corrected chi connectivity index (χ0v) is 12.6. The average molecular weight is 295 g/mol. The minimum atomic E-state index is -0.597. The summed E-state index contributed by atoms with van der Waals surface area (Å²) >= 11 is 0. The summed E-state index contributed by atoms with van der Waals surface area (Å²) in [7, 11) is 1.67. The van der Waals surface area contributed by atoms with Crippen LogP contribution in [0.4, 0.5) is 10.2 Å². The van der Waals surface area contributed by atoms with Crippen molar-refractivity contribution in [2.24, 2.45) is 0 Å². The summed E-state index contributed by atoms with van der Waals surface area (Å²) in [5.74, 6) is -0.824. The number of amides is 1. The van der Waals surface area contributed by atoms with E-state index in [0.29, 0.717) is 13.1 Å². The SMILES string of the molecule is CCNc1nccc(C(=O)N(C)CC2CCCCO2)c1F. The van der Waals surface area contributed by atoms with Gasteiger partial charge in [0.15, 0.2) is 11.6 Å². The molecule has 1 aromatic heterocycles. The van der Waals surface area contributed by atoms with E-state index in [1.54, 1.807) is 7.05 Å². The lowest BCUT2D eigenvalue weighted by Gasteiger charge is -2.27. The normalized spacial score (nSPS) is 18.3. The summed E-state index contributed by atoms with van der Waals surface area (Å²) in [6.07, 6.45) is 4.61. The predicted molar refractivity (Wildman–Crippen MR) is 78.9 cm³/mol. The topological polar surface area (TPSA) is 54.5 Å². The Morgan fingerprint density at radius 2 is 2.38 bits per heavy atom. The number of likely N-dealkylation sites (N-methyl/N-ethyl adjacent to an activating group) is 1. The van der Waals surface area contributed by atoms with Gasteiger partial charge < -0.3 is 15.0 Å². The fourth-order valence-corrected chi connectivity index (χ4v) is 2.44. The van der Waals surface area contributed by atoms with Crippen LogP contribution < -0.4 is 5.32 Å². The van der Waals surface area contributed by atoms with Crippen molar-refractivity contribution < 1.29 is 13.9 Å². The minimum Gasteiger partial charge on any atom is -0.376 e. The predicted octanol–water partition coefficient (Wildman–Crippen LogP) is 2.29. The van der Waals surface area contributed by atoms with Gasteiger partial charge in [0, 0.05) is 32.9 Å². The van der Waals surface area contributed by atoms with Crippen molar-refractivity contribution in [3.05, 3.63) is 23.6 Å². The van der Waals surface area contributed by atoms with Gasteiger partial charge in [-0.2, -0.15) is 0 Å². The molecule has 1 aliphatic heterocycles. The minimum absolute atomic E-state index is 0.0410. The highest BCUT2D eigenvalue weighted by Gasteiger charge is 2.23. The lowest BCUT2D eigenvalue weighted by Crippen LogP contribution is -2.37. The molecule has 0 spiro atoms. The van der Waals surface area contributed by atoms with Crippen molar-refractivity contribution in [2.75, 3.05) is 32.1 Å². The molecule has 2 rings (SSSR count). The zero-order valence-electron chi connectivity index (χ0n) is 12.6. The van der Waals surface area contributed by atoms with Crippen LogP contribution in [0.3, 0.4) is 0 Å². The lowest BCUT2D eigenvalue weighted by molar-refractivity contribution is -0.000270. The molecule has 0 aliphatic carbocycles. The number of carbonyl (C=O) groups excluding carboxylic acids is 1. The third-order valence-corrected chi connectivity index (χ3v) is 3.56. The van der Waals surface area contributed by atoms with Crippen molar-refractivity contribution in [1.82, 2.24) is 9.88 Å². The summed E-state index contributed by atoms with van der Waals surface area (Å²) in [5, 5.41) is 2.81. The Balaban J connectivity index is 2.06. The Morgan fingerprint density at radius 1 is 1.57 bits per heavy atom. The van der Waals surface area contributed by atoms with Crippen LogP contribution in [0.2, 0.25) is 0 Å². The molecule has 0 radical (unpaired) electrons. The van der Waals surface area contributed by atoms with Crippen LogP contribution in [0, 0.1) is 5.82 Å². The van der Waals surface area contributed by atoms with Crippen LogP contribution in [-0.4, -0.2) is 48.6 Å². The van der Waals surface area contributed by atoms with E-state index in [2.05, 4.69) is 10.3 Å².